The van der Waals surface area contributed by atoms with Crippen LogP contribution in [0, 0.1) is 0 Å². The summed E-state index contributed by atoms with van der Waals surface area (Å²) in [5.41, 5.74) is 8.89. The molecule has 0 fully saturated rings. The second-order valence-electron chi connectivity index (χ2n) is 7.43. The highest BCUT2D eigenvalue weighted by Crippen LogP contribution is 2.34. The number of hydrogen-bond acceptors (Lipinski definition) is 7. The molecule has 28 heavy (non-hydrogen) atoms. The van der Waals surface area contributed by atoms with Crippen LogP contribution in [0.1, 0.15) is 20.8 Å². The smallest absolute Gasteiger partial charge is 0.292 e. The van der Waals surface area contributed by atoms with Gasteiger partial charge in [0.15, 0.2) is 15.4 Å². The second-order valence-corrected chi connectivity index (χ2v) is 10.1. The summed E-state index contributed by atoms with van der Waals surface area (Å²) in [6.07, 6.45) is 3.23. The molecule has 3 heterocycles. The van der Waals surface area contributed by atoms with Crippen LogP contribution in [-0.4, -0.2) is 34.6 Å². The van der Waals surface area contributed by atoms with Crippen LogP contribution in [-0.2, 0) is 9.84 Å². The lowest BCUT2D eigenvalue weighted by Crippen LogP contribution is -2.28. The summed E-state index contributed by atoms with van der Waals surface area (Å²) < 4.78 is 37.5. The normalized spacial score (nSPS) is 12.7. The number of hydrogen-bond donors (Lipinski definition) is 1. The van der Waals surface area contributed by atoms with Gasteiger partial charge in [0.2, 0.25) is 0 Å². The molecule has 146 valence electrons. The number of nitrogen functional groups attached to an aromatic ring is 1. The van der Waals surface area contributed by atoms with E-state index in [-0.39, 0.29) is 16.7 Å². The molecule has 0 atom stereocenters. The largest absolute Gasteiger partial charge is 0.495 e. The van der Waals surface area contributed by atoms with E-state index in [2.05, 4.69) is 9.97 Å². The van der Waals surface area contributed by atoms with Gasteiger partial charge in [-0.1, -0.05) is 0 Å². The van der Waals surface area contributed by atoms with E-state index in [1.165, 1.54) is 7.11 Å². The zero-order chi connectivity index (χ0) is 20.3. The lowest BCUT2D eigenvalue weighted by Gasteiger charge is -2.21. The number of rotatable bonds is 3. The van der Waals surface area contributed by atoms with Gasteiger partial charge in [-0.15, -0.1) is 0 Å². The Morgan fingerprint density at radius 1 is 1.21 bits per heavy atom. The van der Waals surface area contributed by atoms with Gasteiger partial charge >= 0.3 is 0 Å². The maximum atomic E-state index is 13.1. The monoisotopic (exact) mass is 400 g/mol. The number of imidazole rings is 1. The van der Waals surface area contributed by atoms with Crippen molar-refractivity contribution in [3.63, 3.8) is 0 Å². The van der Waals surface area contributed by atoms with Gasteiger partial charge in [-0.05, 0) is 39.0 Å². The Kier molecular flexibility index (Phi) is 3.90. The average Bonchev–Trinajstić information content (AvgIpc) is 3.20. The quantitative estimate of drug-likeness (QED) is 0.561. The van der Waals surface area contributed by atoms with Crippen molar-refractivity contribution in [3.8, 4) is 17.0 Å². The van der Waals surface area contributed by atoms with Gasteiger partial charge in [-0.25, -0.2) is 13.4 Å². The van der Waals surface area contributed by atoms with Gasteiger partial charge < -0.3 is 14.9 Å². The maximum absolute atomic E-state index is 13.1. The Balaban J connectivity index is 1.97. The third-order valence-corrected chi connectivity index (χ3v) is 7.09. The highest BCUT2D eigenvalue weighted by atomic mass is 32.2. The first-order chi connectivity index (χ1) is 13.1. The average molecular weight is 400 g/mol. The van der Waals surface area contributed by atoms with E-state index in [4.69, 9.17) is 14.9 Å². The molecule has 0 bridgehead atoms. The molecule has 0 spiro atoms. The fourth-order valence-corrected chi connectivity index (χ4v) is 4.31. The fourth-order valence-electron chi connectivity index (χ4n) is 3.00. The van der Waals surface area contributed by atoms with Crippen LogP contribution in [0.3, 0.4) is 0 Å². The number of ether oxygens (including phenoxy) is 1. The van der Waals surface area contributed by atoms with Gasteiger partial charge in [0.05, 0.1) is 23.7 Å². The third kappa shape index (κ3) is 2.70. The first-order valence-electron chi connectivity index (χ1n) is 8.58. The standard InChI is InChI=1S/C19H20N4O4S/c1-19(2,3)28(24,25)16-10-23-13(9-21-17(23)8-15(16)26-4)11-5-6-14-12(7-11)22-18(20)27-14/h5-10H,1-4H3,(H2,20,22). The topological polar surface area (TPSA) is 113 Å². The Bertz CT molecular complexity index is 1310. The van der Waals surface area contributed by atoms with E-state index < -0.39 is 14.6 Å². The summed E-state index contributed by atoms with van der Waals surface area (Å²) in [4.78, 5) is 8.65. The van der Waals surface area contributed by atoms with Crippen LogP contribution in [0.25, 0.3) is 28.0 Å². The summed E-state index contributed by atoms with van der Waals surface area (Å²) in [7, 11) is -2.19. The van der Waals surface area contributed by atoms with Gasteiger partial charge in [-0.3, -0.25) is 4.40 Å². The number of oxazole rings is 1. The number of methoxy groups -OCH3 is 1. The first-order valence-corrected chi connectivity index (χ1v) is 10.1. The van der Waals surface area contributed by atoms with E-state index in [0.29, 0.717) is 22.4 Å². The highest BCUT2D eigenvalue weighted by Gasteiger charge is 2.34. The molecule has 0 aliphatic heterocycles. The Hall–Kier alpha value is -3.07. The zero-order valence-corrected chi connectivity index (χ0v) is 16.7. The number of nitrogens with two attached hydrogens (primary N) is 1. The molecule has 4 aromatic rings. The number of anilines is 1. The van der Waals surface area contributed by atoms with Gasteiger partial charge in [-0.2, -0.15) is 4.98 Å². The van der Waals surface area contributed by atoms with Gasteiger partial charge in [0.25, 0.3) is 6.01 Å². The molecule has 0 radical (unpaired) electrons. The minimum absolute atomic E-state index is 0.0913. The number of aromatic nitrogens is 3. The van der Waals surface area contributed by atoms with Gasteiger partial charge in [0.1, 0.15) is 21.8 Å². The Morgan fingerprint density at radius 3 is 2.64 bits per heavy atom. The van der Waals surface area contributed by atoms with Crippen molar-refractivity contribution in [2.75, 3.05) is 12.8 Å². The summed E-state index contributed by atoms with van der Waals surface area (Å²) in [5.74, 6) is 0.263. The minimum atomic E-state index is -3.64. The number of benzene rings is 1. The van der Waals surface area contributed by atoms with E-state index in [0.717, 1.165) is 5.56 Å². The molecule has 3 aromatic heterocycles. The molecule has 8 nitrogen and oxygen atoms in total. The molecule has 0 unspecified atom stereocenters. The molecule has 0 amide bonds. The molecule has 0 aliphatic rings. The second kappa shape index (κ2) is 5.96. The predicted octanol–water partition coefficient (Wildman–Crippen LogP) is 3.31. The van der Waals surface area contributed by atoms with Crippen LogP contribution in [0.15, 0.2) is 46.0 Å². The Labute approximate surface area is 161 Å². The summed E-state index contributed by atoms with van der Waals surface area (Å²) in [6, 6.07) is 7.14. The number of fused-ring (bicyclic) bond motifs is 2. The van der Waals surface area contributed by atoms with E-state index >= 15 is 0 Å². The van der Waals surface area contributed by atoms with Gasteiger partial charge in [0, 0.05) is 17.8 Å². The molecular weight excluding hydrogens is 380 g/mol. The highest BCUT2D eigenvalue weighted by molar-refractivity contribution is 7.92. The van der Waals surface area contributed by atoms with E-state index in [1.54, 1.807) is 49.7 Å². The summed E-state index contributed by atoms with van der Waals surface area (Å²) >= 11 is 0. The van der Waals surface area contributed by atoms with Crippen LogP contribution < -0.4 is 10.5 Å². The number of nitrogens with zero attached hydrogens (tertiary/aromatic N) is 3. The van der Waals surface area contributed by atoms with E-state index in [1.807, 2.05) is 12.1 Å². The predicted molar refractivity (Wildman–Crippen MR) is 106 cm³/mol. The van der Waals surface area contributed by atoms with Crippen LogP contribution in [0.4, 0.5) is 6.01 Å². The summed E-state index contributed by atoms with van der Waals surface area (Å²) in [6.45, 7) is 4.97. The number of sulfone groups is 1. The molecule has 1 aromatic carbocycles. The van der Waals surface area contributed by atoms with Crippen molar-refractivity contribution in [2.24, 2.45) is 0 Å². The van der Waals surface area contributed by atoms with Crippen LogP contribution in [0.2, 0.25) is 0 Å². The lowest BCUT2D eigenvalue weighted by atomic mass is 10.1. The molecule has 0 aliphatic carbocycles. The molecule has 0 saturated carbocycles. The SMILES string of the molecule is COc1cc2ncc(-c3ccc4oc(N)nc4c3)n2cc1S(=O)(=O)C(C)(C)C. The van der Waals surface area contributed by atoms with E-state index in [9.17, 15) is 8.42 Å². The zero-order valence-electron chi connectivity index (χ0n) is 15.9. The maximum Gasteiger partial charge on any atom is 0.292 e. The molecular formula is C19H20N4O4S. The molecule has 9 heteroatoms. The Morgan fingerprint density at radius 2 is 1.96 bits per heavy atom. The summed E-state index contributed by atoms with van der Waals surface area (Å²) in [5, 5.41) is 0. The first kappa shape index (κ1) is 18.3. The van der Waals surface area contributed by atoms with Crippen molar-refractivity contribution in [3.05, 3.63) is 36.7 Å². The number of pyridine rings is 1. The third-order valence-electron chi connectivity index (χ3n) is 4.59. The molecule has 2 N–H and O–H groups in total. The fraction of sp³-hybridized carbons (Fsp3) is 0.263. The lowest BCUT2D eigenvalue weighted by molar-refractivity contribution is 0.401. The van der Waals surface area contributed by atoms with Crippen molar-refractivity contribution >= 4 is 32.6 Å². The van der Waals surface area contributed by atoms with Crippen molar-refractivity contribution < 1.29 is 17.6 Å². The van der Waals surface area contributed by atoms with Crippen molar-refractivity contribution in [2.45, 2.75) is 30.4 Å². The molecule has 4 rings (SSSR count). The van der Waals surface area contributed by atoms with Crippen LogP contribution >= 0.6 is 0 Å². The van der Waals surface area contributed by atoms with Crippen LogP contribution in [0.5, 0.6) is 5.75 Å². The van der Waals surface area contributed by atoms with Crippen molar-refractivity contribution in [1.82, 2.24) is 14.4 Å². The molecule has 0 saturated heterocycles. The minimum Gasteiger partial charge on any atom is -0.495 e. The van der Waals surface area contributed by atoms with Crippen molar-refractivity contribution in [1.29, 1.82) is 0 Å².